The Hall–Kier alpha value is -2.49. The van der Waals surface area contributed by atoms with Crippen molar-refractivity contribution in [2.75, 3.05) is 0 Å². The van der Waals surface area contributed by atoms with Gasteiger partial charge in [-0.05, 0) is 36.0 Å². The van der Waals surface area contributed by atoms with Gasteiger partial charge in [0.1, 0.15) is 11.9 Å². The highest BCUT2D eigenvalue weighted by Crippen LogP contribution is 2.23. The Morgan fingerprint density at radius 3 is 2.81 bits per heavy atom. The van der Waals surface area contributed by atoms with Crippen LogP contribution in [0.4, 0.5) is 5.95 Å². The fraction of sp³-hybridized carbons (Fsp3) is 0.133. The lowest BCUT2D eigenvalue weighted by atomic mass is 10.2. The summed E-state index contributed by atoms with van der Waals surface area (Å²) < 4.78 is 1.54. The van der Waals surface area contributed by atoms with Crippen molar-refractivity contribution in [3.8, 4) is 5.06 Å². The van der Waals surface area contributed by atoms with Gasteiger partial charge in [0.15, 0.2) is 5.06 Å². The highest BCUT2D eigenvalue weighted by atomic mass is 35.5. The summed E-state index contributed by atoms with van der Waals surface area (Å²) in [5, 5.41) is 14.5. The molecule has 0 saturated heterocycles. The zero-order valence-corrected chi connectivity index (χ0v) is 15.6. The lowest BCUT2D eigenvalue weighted by Gasteiger charge is -2.02. The van der Waals surface area contributed by atoms with E-state index < -0.39 is 15.5 Å². The van der Waals surface area contributed by atoms with Crippen molar-refractivity contribution in [1.29, 1.82) is 0 Å². The molecular formula is C15H11Cl2N5O3S. The maximum atomic E-state index is 11.8. The summed E-state index contributed by atoms with van der Waals surface area (Å²) in [6, 6.07) is 5.23. The molecule has 1 aromatic carbocycles. The standard InChI is InChI=1S/C15H11Cl2N5O3S/c1-7(11-12(23)20-15(25)26-13(11)24)19-14-18-6-22(21-14)5-8-2-3-9(16)10(17)4-8/h2-4,6,24H,5H2,1H3,(H,20,23,25). The summed E-state index contributed by atoms with van der Waals surface area (Å²) in [7, 11) is 0. The van der Waals surface area contributed by atoms with Crippen LogP contribution in [0.2, 0.25) is 10.0 Å². The Bertz CT molecular complexity index is 1120. The molecule has 26 heavy (non-hydrogen) atoms. The van der Waals surface area contributed by atoms with E-state index >= 15 is 0 Å². The number of aromatic amines is 1. The second-order valence-corrected chi connectivity index (χ2v) is 6.99. The van der Waals surface area contributed by atoms with Gasteiger partial charge in [-0.25, -0.2) is 9.67 Å². The zero-order valence-electron chi connectivity index (χ0n) is 13.2. The van der Waals surface area contributed by atoms with Crippen molar-refractivity contribution in [2.24, 2.45) is 4.99 Å². The normalized spacial score (nSPS) is 11.7. The topological polar surface area (TPSA) is 113 Å². The average Bonchev–Trinajstić information content (AvgIpc) is 2.97. The number of nitrogens with one attached hydrogen (secondary N) is 1. The summed E-state index contributed by atoms with van der Waals surface area (Å²) in [5.74, 6) is 0.109. The van der Waals surface area contributed by atoms with Crippen LogP contribution in [-0.2, 0) is 6.54 Å². The number of aliphatic imine (C=N–C) groups is 1. The molecule has 0 radical (unpaired) electrons. The van der Waals surface area contributed by atoms with Crippen molar-refractivity contribution >= 4 is 46.2 Å². The molecule has 0 unspecified atom stereocenters. The molecular weight excluding hydrogens is 401 g/mol. The number of H-pyrrole nitrogens is 1. The van der Waals surface area contributed by atoms with E-state index in [1.54, 1.807) is 16.8 Å². The maximum absolute atomic E-state index is 11.8. The fourth-order valence-electron chi connectivity index (χ4n) is 2.18. The van der Waals surface area contributed by atoms with E-state index in [2.05, 4.69) is 20.1 Å². The lowest BCUT2D eigenvalue weighted by Crippen LogP contribution is -2.22. The van der Waals surface area contributed by atoms with E-state index in [4.69, 9.17) is 23.2 Å². The molecule has 0 spiro atoms. The van der Waals surface area contributed by atoms with Gasteiger partial charge >= 0.3 is 4.87 Å². The monoisotopic (exact) mass is 411 g/mol. The molecule has 2 heterocycles. The molecule has 2 aromatic heterocycles. The molecule has 0 bridgehead atoms. The predicted octanol–water partition coefficient (Wildman–Crippen LogP) is 2.59. The van der Waals surface area contributed by atoms with Gasteiger partial charge in [0, 0.05) is 0 Å². The molecule has 134 valence electrons. The Morgan fingerprint density at radius 2 is 2.12 bits per heavy atom. The number of hydrogen-bond acceptors (Lipinski definition) is 7. The summed E-state index contributed by atoms with van der Waals surface area (Å²) in [6.45, 7) is 1.92. The minimum Gasteiger partial charge on any atom is -0.499 e. The number of hydrogen-bond donors (Lipinski definition) is 2. The van der Waals surface area contributed by atoms with Gasteiger partial charge in [-0.15, -0.1) is 5.10 Å². The van der Waals surface area contributed by atoms with Crippen LogP contribution in [0.3, 0.4) is 0 Å². The first-order valence-electron chi connectivity index (χ1n) is 7.19. The van der Waals surface area contributed by atoms with E-state index in [0.29, 0.717) is 27.9 Å². The van der Waals surface area contributed by atoms with Gasteiger partial charge in [0.05, 0.1) is 22.3 Å². The third-order valence-corrected chi connectivity index (χ3v) is 4.75. The molecule has 2 N–H and O–H groups in total. The molecule has 0 saturated carbocycles. The Labute approximate surface area is 160 Å². The highest BCUT2D eigenvalue weighted by molar-refractivity contribution is 7.11. The van der Waals surface area contributed by atoms with Gasteiger partial charge in [-0.2, -0.15) is 4.98 Å². The van der Waals surface area contributed by atoms with Gasteiger partial charge in [0.2, 0.25) is 0 Å². The number of aromatic nitrogens is 4. The summed E-state index contributed by atoms with van der Waals surface area (Å²) in [6.07, 6.45) is 1.47. The molecule has 0 aliphatic rings. The van der Waals surface area contributed by atoms with Crippen LogP contribution in [0.1, 0.15) is 18.1 Å². The van der Waals surface area contributed by atoms with E-state index in [0.717, 1.165) is 5.56 Å². The Balaban J connectivity index is 1.86. The molecule has 0 amide bonds. The predicted molar refractivity (Wildman–Crippen MR) is 100 cm³/mol. The van der Waals surface area contributed by atoms with Gasteiger partial charge in [0.25, 0.3) is 11.5 Å². The van der Waals surface area contributed by atoms with Crippen LogP contribution >= 0.6 is 34.5 Å². The van der Waals surface area contributed by atoms with Crippen LogP contribution in [0, 0.1) is 0 Å². The quantitative estimate of drug-likeness (QED) is 0.640. The number of rotatable bonds is 4. The second-order valence-electron chi connectivity index (χ2n) is 5.21. The molecule has 11 heteroatoms. The Kier molecular flexibility index (Phi) is 5.21. The van der Waals surface area contributed by atoms with E-state index in [1.165, 1.54) is 13.3 Å². The number of benzene rings is 1. The maximum Gasteiger partial charge on any atom is 0.310 e. The van der Waals surface area contributed by atoms with E-state index in [1.807, 2.05) is 6.07 Å². The van der Waals surface area contributed by atoms with Gasteiger partial charge in [-0.1, -0.05) is 29.3 Å². The van der Waals surface area contributed by atoms with Crippen molar-refractivity contribution < 1.29 is 5.11 Å². The first kappa shape index (κ1) is 18.3. The van der Waals surface area contributed by atoms with Crippen LogP contribution in [0.5, 0.6) is 5.06 Å². The first-order valence-corrected chi connectivity index (χ1v) is 8.76. The van der Waals surface area contributed by atoms with E-state index in [-0.39, 0.29) is 17.2 Å². The van der Waals surface area contributed by atoms with Crippen LogP contribution in [0.15, 0.2) is 39.1 Å². The van der Waals surface area contributed by atoms with Crippen LogP contribution < -0.4 is 10.4 Å². The lowest BCUT2D eigenvalue weighted by molar-refractivity contribution is 0.487. The number of nitrogens with zero attached hydrogens (tertiary/aromatic N) is 4. The molecule has 3 rings (SSSR count). The molecule has 3 aromatic rings. The first-order chi connectivity index (χ1) is 12.3. The summed E-state index contributed by atoms with van der Waals surface area (Å²) in [5.41, 5.74) is 0.254. The van der Waals surface area contributed by atoms with Crippen molar-refractivity contribution in [3.05, 3.63) is 65.7 Å². The summed E-state index contributed by atoms with van der Waals surface area (Å²) >= 11 is 12.4. The molecule has 0 aliphatic carbocycles. The number of aromatic hydroxyl groups is 1. The van der Waals surface area contributed by atoms with Gasteiger partial charge in [-0.3, -0.25) is 14.6 Å². The minimum atomic E-state index is -0.720. The second kappa shape index (κ2) is 7.40. The van der Waals surface area contributed by atoms with Crippen LogP contribution in [0.25, 0.3) is 0 Å². The van der Waals surface area contributed by atoms with Crippen molar-refractivity contribution in [3.63, 3.8) is 0 Å². The summed E-state index contributed by atoms with van der Waals surface area (Å²) in [4.78, 5) is 32.6. The van der Waals surface area contributed by atoms with E-state index in [9.17, 15) is 14.7 Å². The largest absolute Gasteiger partial charge is 0.499 e. The van der Waals surface area contributed by atoms with Crippen molar-refractivity contribution in [2.45, 2.75) is 13.5 Å². The molecule has 0 atom stereocenters. The fourth-order valence-corrected chi connectivity index (χ4v) is 3.16. The SMILES string of the molecule is CC(=Nc1ncn(Cc2ccc(Cl)c(Cl)c2)n1)c1c(O)sc(=O)[nH]c1=O. The van der Waals surface area contributed by atoms with Crippen LogP contribution in [-0.4, -0.2) is 30.6 Å². The third-order valence-electron chi connectivity index (χ3n) is 3.33. The minimum absolute atomic E-state index is 0.0876. The Morgan fingerprint density at radius 1 is 1.35 bits per heavy atom. The molecule has 8 nitrogen and oxygen atoms in total. The third kappa shape index (κ3) is 4.01. The van der Waals surface area contributed by atoms with Crippen molar-refractivity contribution in [1.82, 2.24) is 19.7 Å². The average molecular weight is 412 g/mol. The molecule has 0 fully saturated rings. The van der Waals surface area contributed by atoms with Gasteiger partial charge < -0.3 is 5.11 Å². The zero-order chi connectivity index (χ0) is 18.8. The number of halogens is 2. The molecule has 0 aliphatic heterocycles. The highest BCUT2D eigenvalue weighted by Gasteiger charge is 2.13. The smallest absolute Gasteiger partial charge is 0.310 e.